The zero-order chi connectivity index (χ0) is 19.6. The van der Waals surface area contributed by atoms with Crippen LogP contribution in [0.4, 0.5) is 5.69 Å². The fraction of sp³-hybridized carbons (Fsp3) is 0.636. The van der Waals surface area contributed by atoms with E-state index in [1.165, 1.54) is 0 Å². The molecular formula is C22H32N4O2. The van der Waals surface area contributed by atoms with Gasteiger partial charge in [0.05, 0.1) is 6.42 Å². The minimum absolute atomic E-state index is 0.152. The summed E-state index contributed by atoms with van der Waals surface area (Å²) >= 11 is 0. The Hall–Kier alpha value is -1.92. The Kier molecular flexibility index (Phi) is 5.69. The second-order valence-electron chi connectivity index (χ2n) is 8.55. The summed E-state index contributed by atoms with van der Waals surface area (Å²) in [4.78, 5) is 29.4. The molecule has 1 spiro atoms. The predicted molar refractivity (Wildman–Crippen MR) is 110 cm³/mol. The Morgan fingerprint density at radius 1 is 1.11 bits per heavy atom. The molecule has 2 amide bonds. The normalized spacial score (nSPS) is 24.2. The molecule has 4 rings (SSSR count). The van der Waals surface area contributed by atoms with Gasteiger partial charge in [-0.15, -0.1) is 0 Å². The molecule has 2 saturated heterocycles. The third-order valence-corrected chi connectivity index (χ3v) is 6.85. The van der Waals surface area contributed by atoms with Crippen molar-refractivity contribution < 1.29 is 9.59 Å². The van der Waals surface area contributed by atoms with Crippen LogP contribution in [0.25, 0.3) is 0 Å². The number of nitrogens with zero attached hydrogens (tertiary/aromatic N) is 2. The molecule has 1 aliphatic carbocycles. The molecule has 0 radical (unpaired) electrons. The maximum atomic E-state index is 12.6. The summed E-state index contributed by atoms with van der Waals surface area (Å²) in [6.07, 6.45) is 3.68. The highest BCUT2D eigenvalue weighted by molar-refractivity contribution is 5.95. The fourth-order valence-electron chi connectivity index (χ4n) is 4.73. The average Bonchev–Trinajstić information content (AvgIpc) is 3.43. The molecule has 2 aliphatic heterocycles. The summed E-state index contributed by atoms with van der Waals surface area (Å²) in [5, 5.41) is 6.45. The first-order chi connectivity index (χ1) is 13.6. The first-order valence-electron chi connectivity index (χ1n) is 10.7. The van der Waals surface area contributed by atoms with Crippen LogP contribution in [0.2, 0.25) is 0 Å². The minimum Gasteiger partial charge on any atom is -0.340 e. The quantitative estimate of drug-likeness (QED) is 0.811. The van der Waals surface area contributed by atoms with Gasteiger partial charge in [0.25, 0.3) is 0 Å². The number of hydrogen-bond donors (Lipinski definition) is 2. The summed E-state index contributed by atoms with van der Waals surface area (Å²) in [6.45, 7) is 8.83. The number of anilines is 1. The molecule has 0 aromatic heterocycles. The summed E-state index contributed by atoms with van der Waals surface area (Å²) in [7, 11) is 0. The number of amides is 2. The number of carbonyl (C=O) groups excluding carboxylic acids is 2. The zero-order valence-electron chi connectivity index (χ0n) is 16.9. The summed E-state index contributed by atoms with van der Waals surface area (Å²) in [5.41, 5.74) is 2.08. The number of nitrogens with one attached hydrogen (secondary N) is 2. The van der Waals surface area contributed by atoms with E-state index in [0.717, 1.165) is 76.3 Å². The standard InChI is InChI=1S/C22H32N4O2/c1-2-25-11-13-26(14-12-25)20(27)15-17-3-5-18(6-4-17)24-21(28)19-16-22(19)7-9-23-10-8-22/h3-6,19,23H,2,7-16H2,1H3,(H,24,28). The molecule has 152 valence electrons. The first kappa shape index (κ1) is 19.4. The lowest BCUT2D eigenvalue weighted by molar-refractivity contribution is -0.132. The Bertz CT molecular complexity index is 704. The highest BCUT2D eigenvalue weighted by atomic mass is 16.2. The lowest BCUT2D eigenvalue weighted by Crippen LogP contribution is -2.48. The molecule has 1 aromatic carbocycles. The summed E-state index contributed by atoms with van der Waals surface area (Å²) < 4.78 is 0. The van der Waals surface area contributed by atoms with E-state index in [-0.39, 0.29) is 23.1 Å². The predicted octanol–water partition coefficient (Wildman–Crippen LogP) is 1.72. The van der Waals surface area contributed by atoms with E-state index in [9.17, 15) is 9.59 Å². The lowest BCUT2D eigenvalue weighted by atomic mass is 9.92. The number of benzene rings is 1. The molecule has 1 unspecified atom stereocenters. The first-order valence-corrected chi connectivity index (χ1v) is 10.7. The van der Waals surface area contributed by atoms with Crippen LogP contribution in [0.5, 0.6) is 0 Å². The number of carbonyl (C=O) groups is 2. The van der Waals surface area contributed by atoms with Gasteiger partial charge < -0.3 is 20.4 Å². The molecule has 28 heavy (non-hydrogen) atoms. The van der Waals surface area contributed by atoms with Crippen LogP contribution in [-0.4, -0.2) is 67.4 Å². The fourth-order valence-corrected chi connectivity index (χ4v) is 4.73. The van der Waals surface area contributed by atoms with Gasteiger partial charge in [-0.3, -0.25) is 9.59 Å². The van der Waals surface area contributed by atoms with Crippen LogP contribution < -0.4 is 10.6 Å². The molecule has 3 aliphatic rings. The van der Waals surface area contributed by atoms with Crippen molar-refractivity contribution in [1.82, 2.24) is 15.1 Å². The second-order valence-corrected chi connectivity index (χ2v) is 8.55. The Labute approximate surface area is 167 Å². The zero-order valence-corrected chi connectivity index (χ0v) is 16.9. The smallest absolute Gasteiger partial charge is 0.228 e. The average molecular weight is 385 g/mol. The van der Waals surface area contributed by atoms with E-state index in [4.69, 9.17) is 0 Å². The van der Waals surface area contributed by atoms with Gasteiger partial charge in [-0.1, -0.05) is 19.1 Å². The van der Waals surface area contributed by atoms with Crippen LogP contribution >= 0.6 is 0 Å². The maximum Gasteiger partial charge on any atom is 0.228 e. The van der Waals surface area contributed by atoms with E-state index in [1.54, 1.807) is 0 Å². The van der Waals surface area contributed by atoms with Crippen molar-refractivity contribution in [1.29, 1.82) is 0 Å². The van der Waals surface area contributed by atoms with E-state index in [2.05, 4.69) is 22.5 Å². The highest BCUT2D eigenvalue weighted by Gasteiger charge is 2.57. The van der Waals surface area contributed by atoms with E-state index in [0.29, 0.717) is 6.42 Å². The molecule has 1 atom stereocenters. The molecule has 2 N–H and O–H groups in total. The van der Waals surface area contributed by atoms with Crippen LogP contribution in [-0.2, 0) is 16.0 Å². The molecular weight excluding hydrogens is 352 g/mol. The molecule has 1 aromatic rings. The van der Waals surface area contributed by atoms with E-state index >= 15 is 0 Å². The van der Waals surface area contributed by atoms with Gasteiger partial charge in [0, 0.05) is 37.8 Å². The Balaban J connectivity index is 1.26. The van der Waals surface area contributed by atoms with Gasteiger partial charge >= 0.3 is 0 Å². The van der Waals surface area contributed by atoms with Crippen molar-refractivity contribution >= 4 is 17.5 Å². The lowest BCUT2D eigenvalue weighted by Gasteiger charge is -2.34. The molecule has 2 heterocycles. The SMILES string of the molecule is CCN1CCN(C(=O)Cc2ccc(NC(=O)C3CC34CCNCC4)cc2)CC1. The van der Waals surface area contributed by atoms with Crippen molar-refractivity contribution in [3.8, 4) is 0 Å². The van der Waals surface area contributed by atoms with E-state index < -0.39 is 0 Å². The van der Waals surface area contributed by atoms with Crippen molar-refractivity contribution in [3.05, 3.63) is 29.8 Å². The van der Waals surface area contributed by atoms with Crippen LogP contribution in [0.3, 0.4) is 0 Å². The topological polar surface area (TPSA) is 64.7 Å². The Morgan fingerprint density at radius 3 is 2.43 bits per heavy atom. The largest absolute Gasteiger partial charge is 0.340 e. The summed E-state index contributed by atoms with van der Waals surface area (Å²) in [6, 6.07) is 7.77. The van der Waals surface area contributed by atoms with Crippen molar-refractivity contribution in [3.63, 3.8) is 0 Å². The van der Waals surface area contributed by atoms with Crippen molar-refractivity contribution in [2.24, 2.45) is 11.3 Å². The molecule has 6 heteroatoms. The van der Waals surface area contributed by atoms with Crippen LogP contribution in [0.15, 0.2) is 24.3 Å². The third kappa shape index (κ3) is 4.23. The third-order valence-electron chi connectivity index (χ3n) is 6.85. The number of piperazine rings is 1. The summed E-state index contributed by atoms with van der Waals surface area (Å²) in [5.74, 6) is 0.510. The number of rotatable bonds is 5. The number of piperidine rings is 1. The van der Waals surface area contributed by atoms with Crippen LogP contribution in [0, 0.1) is 11.3 Å². The van der Waals surface area contributed by atoms with Gasteiger partial charge in [-0.05, 0) is 62.0 Å². The number of hydrogen-bond acceptors (Lipinski definition) is 4. The molecule has 1 saturated carbocycles. The minimum atomic E-state index is 0.152. The van der Waals surface area contributed by atoms with Gasteiger partial charge in [-0.2, -0.15) is 0 Å². The second kappa shape index (κ2) is 8.21. The van der Waals surface area contributed by atoms with Gasteiger partial charge in [0.1, 0.15) is 0 Å². The molecule has 0 bridgehead atoms. The van der Waals surface area contributed by atoms with Crippen LogP contribution in [0.1, 0.15) is 31.7 Å². The number of likely N-dealkylation sites (N-methyl/N-ethyl adjacent to an activating group) is 1. The van der Waals surface area contributed by atoms with E-state index in [1.807, 2.05) is 29.2 Å². The molecule has 6 nitrogen and oxygen atoms in total. The van der Waals surface area contributed by atoms with Crippen molar-refractivity contribution in [2.75, 3.05) is 51.1 Å². The highest BCUT2D eigenvalue weighted by Crippen LogP contribution is 2.58. The van der Waals surface area contributed by atoms with Gasteiger partial charge in [0.15, 0.2) is 0 Å². The monoisotopic (exact) mass is 384 g/mol. The van der Waals surface area contributed by atoms with Crippen molar-refractivity contribution in [2.45, 2.75) is 32.6 Å². The Morgan fingerprint density at radius 2 is 1.79 bits per heavy atom. The van der Waals surface area contributed by atoms with Gasteiger partial charge in [-0.25, -0.2) is 0 Å². The molecule has 3 fully saturated rings. The maximum absolute atomic E-state index is 12.6. The van der Waals surface area contributed by atoms with Gasteiger partial charge in [0.2, 0.25) is 11.8 Å².